The van der Waals surface area contributed by atoms with E-state index in [1.165, 1.54) is 0 Å². The fourth-order valence-electron chi connectivity index (χ4n) is 4.07. The molecule has 0 N–H and O–H groups in total. The molecule has 1 unspecified atom stereocenters. The Morgan fingerprint density at radius 1 is 1.35 bits per heavy atom. The standard InChI is InChI=1S/C15H22O2/c1-9(2)11-5-6-15(4)10(3)12(7-16)14(11)13(15)8-17/h7-9,11,13-14H,5-6H2,1-4H3/t11-,13+,14?,15-/m1/s1. The maximum atomic E-state index is 11.5. The molecule has 2 aliphatic rings. The third-order valence-corrected chi connectivity index (χ3v) is 5.36. The molecule has 2 heteroatoms. The minimum atomic E-state index is -0.0615. The monoisotopic (exact) mass is 234 g/mol. The van der Waals surface area contributed by atoms with E-state index >= 15 is 0 Å². The van der Waals surface area contributed by atoms with Gasteiger partial charge >= 0.3 is 0 Å². The molecular weight excluding hydrogens is 212 g/mol. The van der Waals surface area contributed by atoms with Crippen molar-refractivity contribution in [1.29, 1.82) is 0 Å². The SMILES string of the molecule is CC1=C(C=O)C2[C@@H](C(C)C)CC[C@@]1(C)[C@H]2C=O. The van der Waals surface area contributed by atoms with Crippen LogP contribution in [0.25, 0.3) is 0 Å². The lowest BCUT2D eigenvalue weighted by atomic mass is 9.60. The molecule has 2 nitrogen and oxygen atoms in total. The Morgan fingerprint density at radius 3 is 2.47 bits per heavy atom. The van der Waals surface area contributed by atoms with Crippen LogP contribution in [0.15, 0.2) is 11.1 Å². The molecule has 0 aromatic rings. The van der Waals surface area contributed by atoms with Crippen LogP contribution >= 0.6 is 0 Å². The Kier molecular flexibility index (Phi) is 3.01. The van der Waals surface area contributed by atoms with Gasteiger partial charge in [-0.05, 0) is 42.6 Å². The molecule has 4 atom stereocenters. The van der Waals surface area contributed by atoms with Crippen molar-refractivity contribution < 1.29 is 9.59 Å². The highest BCUT2D eigenvalue weighted by molar-refractivity contribution is 5.80. The first-order valence-electron chi connectivity index (χ1n) is 6.59. The highest BCUT2D eigenvalue weighted by Gasteiger charge is 2.55. The van der Waals surface area contributed by atoms with Crippen LogP contribution < -0.4 is 0 Å². The number of aldehydes is 2. The smallest absolute Gasteiger partial charge is 0.146 e. The van der Waals surface area contributed by atoms with Crippen LogP contribution in [-0.4, -0.2) is 12.6 Å². The van der Waals surface area contributed by atoms with Crippen LogP contribution in [0.4, 0.5) is 0 Å². The predicted octanol–water partition coefficient (Wildman–Crippen LogP) is 3.02. The topological polar surface area (TPSA) is 34.1 Å². The second-order valence-corrected chi connectivity index (χ2v) is 6.25. The quantitative estimate of drug-likeness (QED) is 0.703. The number of hydrogen-bond acceptors (Lipinski definition) is 2. The minimum absolute atomic E-state index is 0.0175. The minimum Gasteiger partial charge on any atom is -0.303 e. The zero-order valence-electron chi connectivity index (χ0n) is 11.2. The van der Waals surface area contributed by atoms with Crippen molar-refractivity contribution in [3.63, 3.8) is 0 Å². The fourth-order valence-corrected chi connectivity index (χ4v) is 4.07. The van der Waals surface area contributed by atoms with Gasteiger partial charge in [-0.3, -0.25) is 4.79 Å². The molecule has 2 rings (SSSR count). The number of carbonyl (C=O) groups is 2. The van der Waals surface area contributed by atoms with E-state index in [0.29, 0.717) is 11.8 Å². The molecule has 0 spiro atoms. The van der Waals surface area contributed by atoms with Crippen molar-refractivity contribution in [2.24, 2.45) is 29.1 Å². The van der Waals surface area contributed by atoms with E-state index in [0.717, 1.165) is 36.6 Å². The first-order chi connectivity index (χ1) is 7.97. The lowest BCUT2D eigenvalue weighted by Gasteiger charge is -2.43. The van der Waals surface area contributed by atoms with Gasteiger partial charge in [-0.25, -0.2) is 0 Å². The van der Waals surface area contributed by atoms with Gasteiger partial charge in [0.15, 0.2) is 0 Å². The largest absolute Gasteiger partial charge is 0.303 e. The lowest BCUT2D eigenvalue weighted by Crippen LogP contribution is -2.39. The van der Waals surface area contributed by atoms with E-state index in [9.17, 15) is 9.59 Å². The molecule has 0 heterocycles. The van der Waals surface area contributed by atoms with Gasteiger partial charge in [0.05, 0.1) is 0 Å². The molecule has 1 saturated carbocycles. The van der Waals surface area contributed by atoms with Gasteiger partial charge < -0.3 is 4.79 Å². The highest BCUT2D eigenvalue weighted by atomic mass is 16.1. The average molecular weight is 234 g/mol. The van der Waals surface area contributed by atoms with Crippen LogP contribution in [0.5, 0.6) is 0 Å². The van der Waals surface area contributed by atoms with Gasteiger partial charge in [-0.1, -0.05) is 26.3 Å². The Balaban J connectivity index is 2.51. The number of fused-ring (bicyclic) bond motifs is 2. The van der Waals surface area contributed by atoms with Gasteiger partial charge in [-0.15, -0.1) is 0 Å². The fraction of sp³-hybridized carbons (Fsp3) is 0.733. The van der Waals surface area contributed by atoms with Crippen molar-refractivity contribution in [2.75, 3.05) is 0 Å². The van der Waals surface area contributed by atoms with E-state index in [1.807, 2.05) is 6.92 Å². The van der Waals surface area contributed by atoms with E-state index < -0.39 is 0 Å². The molecule has 2 bridgehead atoms. The van der Waals surface area contributed by atoms with E-state index in [1.54, 1.807) is 0 Å². The second kappa shape index (κ2) is 4.08. The number of hydrogen-bond donors (Lipinski definition) is 0. The molecule has 17 heavy (non-hydrogen) atoms. The molecule has 0 aromatic carbocycles. The van der Waals surface area contributed by atoms with Crippen molar-refractivity contribution in [2.45, 2.75) is 40.5 Å². The van der Waals surface area contributed by atoms with Gasteiger partial charge in [0.2, 0.25) is 0 Å². The van der Waals surface area contributed by atoms with Gasteiger partial charge in [0.1, 0.15) is 12.6 Å². The van der Waals surface area contributed by atoms with Crippen LogP contribution in [0.1, 0.15) is 40.5 Å². The van der Waals surface area contributed by atoms with Crippen LogP contribution in [0, 0.1) is 29.1 Å². The second-order valence-electron chi connectivity index (χ2n) is 6.25. The summed E-state index contributed by atoms with van der Waals surface area (Å²) in [6.07, 6.45) is 4.28. The van der Waals surface area contributed by atoms with Crippen molar-refractivity contribution >= 4 is 12.6 Å². The summed E-state index contributed by atoms with van der Waals surface area (Å²) in [6.45, 7) is 8.60. The van der Waals surface area contributed by atoms with Crippen molar-refractivity contribution in [1.82, 2.24) is 0 Å². The van der Waals surface area contributed by atoms with E-state index in [4.69, 9.17) is 0 Å². The van der Waals surface area contributed by atoms with Crippen molar-refractivity contribution in [3.05, 3.63) is 11.1 Å². The summed E-state index contributed by atoms with van der Waals surface area (Å²) in [7, 11) is 0. The maximum absolute atomic E-state index is 11.5. The summed E-state index contributed by atoms with van der Waals surface area (Å²) >= 11 is 0. The molecule has 94 valence electrons. The average Bonchev–Trinajstić information content (AvgIpc) is 2.41. The number of rotatable bonds is 3. The normalized spacial score (nSPS) is 40.9. The molecule has 0 amide bonds. The summed E-state index contributed by atoms with van der Waals surface area (Å²) in [5.41, 5.74) is 2.02. The van der Waals surface area contributed by atoms with E-state index in [2.05, 4.69) is 20.8 Å². The Hall–Kier alpha value is -0.920. The summed E-state index contributed by atoms with van der Waals surface area (Å²) in [5.74, 6) is 1.20. The number of carbonyl (C=O) groups excluding carboxylic acids is 2. The first-order valence-corrected chi connectivity index (χ1v) is 6.59. The van der Waals surface area contributed by atoms with E-state index in [-0.39, 0.29) is 17.3 Å². The Labute approximate surface area is 103 Å². The summed E-state index contributed by atoms with van der Waals surface area (Å²) in [5, 5.41) is 0. The number of allylic oxidation sites excluding steroid dienone is 2. The zero-order chi connectivity index (χ0) is 12.8. The first kappa shape index (κ1) is 12.5. The van der Waals surface area contributed by atoms with Gasteiger partial charge in [0, 0.05) is 11.8 Å². The third-order valence-electron chi connectivity index (χ3n) is 5.36. The molecular formula is C15H22O2. The Bertz CT molecular complexity index is 380. The molecule has 2 aliphatic carbocycles. The molecule has 0 radical (unpaired) electrons. The molecule has 0 aromatic heterocycles. The summed E-state index contributed by atoms with van der Waals surface area (Å²) < 4.78 is 0. The van der Waals surface area contributed by atoms with Crippen molar-refractivity contribution in [3.8, 4) is 0 Å². The molecule has 1 fully saturated rings. The van der Waals surface area contributed by atoms with Gasteiger partial charge in [0.25, 0.3) is 0 Å². The lowest BCUT2D eigenvalue weighted by molar-refractivity contribution is -0.117. The molecule has 0 aliphatic heterocycles. The third kappa shape index (κ3) is 1.53. The van der Waals surface area contributed by atoms with Crippen LogP contribution in [0.3, 0.4) is 0 Å². The van der Waals surface area contributed by atoms with Gasteiger partial charge in [-0.2, -0.15) is 0 Å². The van der Waals surface area contributed by atoms with Crippen LogP contribution in [-0.2, 0) is 9.59 Å². The molecule has 0 saturated heterocycles. The summed E-state index contributed by atoms with van der Waals surface area (Å²) in [6, 6.07) is 0. The van der Waals surface area contributed by atoms with Crippen LogP contribution in [0.2, 0.25) is 0 Å². The predicted molar refractivity (Wildman–Crippen MR) is 67.5 cm³/mol. The zero-order valence-corrected chi connectivity index (χ0v) is 11.2. The maximum Gasteiger partial charge on any atom is 0.146 e. The Morgan fingerprint density at radius 2 is 2.00 bits per heavy atom. The summed E-state index contributed by atoms with van der Waals surface area (Å²) in [4.78, 5) is 22.8. The highest BCUT2D eigenvalue weighted by Crippen LogP contribution is 2.60.